The number of amides is 1. The van der Waals surface area contributed by atoms with E-state index in [1.807, 2.05) is 13.8 Å². The van der Waals surface area contributed by atoms with Crippen LogP contribution in [0, 0.1) is 6.92 Å². The molecule has 4 heteroatoms. The Balaban J connectivity index is 2.10. The van der Waals surface area contributed by atoms with E-state index >= 15 is 0 Å². The Labute approximate surface area is 89.1 Å². The molecule has 2 N–H and O–H groups in total. The van der Waals surface area contributed by atoms with Crippen LogP contribution in [0.1, 0.15) is 23.0 Å². The quantitative estimate of drug-likeness (QED) is 0.729. The molecule has 0 unspecified atom stereocenters. The second-order valence-electron chi connectivity index (χ2n) is 4.50. The molecule has 0 spiro atoms. The van der Waals surface area contributed by atoms with Gasteiger partial charge in [-0.2, -0.15) is 0 Å². The van der Waals surface area contributed by atoms with Crippen molar-refractivity contribution in [2.75, 3.05) is 13.1 Å². The predicted molar refractivity (Wildman–Crippen MR) is 57.5 cm³/mol. The number of nitrogens with two attached hydrogens (primary N) is 1. The molecule has 0 aromatic carbocycles. The lowest BCUT2D eigenvalue weighted by molar-refractivity contribution is 0.0453. The van der Waals surface area contributed by atoms with Gasteiger partial charge in [-0.15, -0.1) is 0 Å². The van der Waals surface area contributed by atoms with Crippen LogP contribution in [-0.4, -0.2) is 34.4 Å². The van der Waals surface area contributed by atoms with Crippen LogP contribution in [0.5, 0.6) is 0 Å². The Morgan fingerprint density at radius 1 is 1.60 bits per heavy atom. The van der Waals surface area contributed by atoms with Crippen molar-refractivity contribution in [2.24, 2.45) is 5.73 Å². The molecule has 2 heterocycles. The largest absolute Gasteiger partial charge is 0.335 e. The number of aromatic nitrogens is 1. The fraction of sp³-hybridized carbons (Fsp3) is 0.455. The molecule has 1 aliphatic rings. The number of likely N-dealkylation sites (tertiary alicyclic amines) is 1. The van der Waals surface area contributed by atoms with Gasteiger partial charge in [-0.25, -0.2) is 0 Å². The van der Waals surface area contributed by atoms with Gasteiger partial charge in [0.25, 0.3) is 5.91 Å². The summed E-state index contributed by atoms with van der Waals surface area (Å²) in [6.45, 7) is 5.09. The summed E-state index contributed by atoms with van der Waals surface area (Å²) in [7, 11) is 0. The van der Waals surface area contributed by atoms with Gasteiger partial charge in [-0.05, 0) is 26.0 Å². The maximum Gasteiger partial charge on any atom is 0.254 e. The van der Waals surface area contributed by atoms with E-state index in [0.717, 1.165) is 5.69 Å². The van der Waals surface area contributed by atoms with Crippen LogP contribution in [0.4, 0.5) is 0 Å². The highest BCUT2D eigenvalue weighted by atomic mass is 16.2. The first kappa shape index (κ1) is 10.1. The van der Waals surface area contributed by atoms with E-state index < -0.39 is 0 Å². The smallest absolute Gasteiger partial charge is 0.254 e. The van der Waals surface area contributed by atoms with Crippen LogP contribution in [0.2, 0.25) is 0 Å². The molecule has 1 aromatic heterocycles. The monoisotopic (exact) mass is 205 g/mol. The lowest BCUT2D eigenvalue weighted by Crippen LogP contribution is -2.66. The molecule has 0 atom stereocenters. The van der Waals surface area contributed by atoms with Crippen LogP contribution >= 0.6 is 0 Å². The minimum atomic E-state index is -0.211. The molecule has 15 heavy (non-hydrogen) atoms. The van der Waals surface area contributed by atoms with Gasteiger partial charge in [-0.1, -0.05) is 0 Å². The van der Waals surface area contributed by atoms with Crippen molar-refractivity contribution in [3.05, 3.63) is 29.6 Å². The highest BCUT2D eigenvalue weighted by molar-refractivity contribution is 5.95. The van der Waals surface area contributed by atoms with Crippen molar-refractivity contribution in [3.8, 4) is 0 Å². The molecule has 0 aliphatic carbocycles. The lowest BCUT2D eigenvalue weighted by Gasteiger charge is -2.45. The molecule has 1 fully saturated rings. The maximum atomic E-state index is 11.9. The topological polar surface area (TPSA) is 59.2 Å². The van der Waals surface area contributed by atoms with Gasteiger partial charge >= 0.3 is 0 Å². The Kier molecular flexibility index (Phi) is 2.23. The molecule has 1 amide bonds. The van der Waals surface area contributed by atoms with Crippen molar-refractivity contribution < 1.29 is 4.79 Å². The van der Waals surface area contributed by atoms with E-state index in [9.17, 15) is 4.79 Å². The Morgan fingerprint density at radius 3 is 2.80 bits per heavy atom. The molecule has 4 nitrogen and oxygen atoms in total. The van der Waals surface area contributed by atoms with Crippen molar-refractivity contribution in [1.29, 1.82) is 0 Å². The molecular weight excluding hydrogens is 190 g/mol. The fourth-order valence-corrected chi connectivity index (χ4v) is 1.83. The third-order valence-corrected chi connectivity index (χ3v) is 2.53. The van der Waals surface area contributed by atoms with Crippen molar-refractivity contribution >= 4 is 5.91 Å². The van der Waals surface area contributed by atoms with E-state index in [0.29, 0.717) is 18.7 Å². The summed E-state index contributed by atoms with van der Waals surface area (Å²) in [6.07, 6.45) is 1.66. The number of carbonyl (C=O) groups excluding carboxylic acids is 1. The summed E-state index contributed by atoms with van der Waals surface area (Å²) in [5.41, 5.74) is 7.19. The summed E-state index contributed by atoms with van der Waals surface area (Å²) >= 11 is 0. The normalized spacial score (nSPS) is 18.5. The summed E-state index contributed by atoms with van der Waals surface area (Å²) in [4.78, 5) is 17.7. The highest BCUT2D eigenvalue weighted by Gasteiger charge is 2.38. The molecule has 2 rings (SSSR count). The molecule has 1 aliphatic heterocycles. The van der Waals surface area contributed by atoms with Gasteiger partial charge < -0.3 is 10.6 Å². The SMILES string of the molecule is Cc1cc(C(=O)N2CC(C)(N)C2)ccn1. The molecule has 1 aromatic rings. The number of rotatable bonds is 1. The lowest BCUT2D eigenvalue weighted by atomic mass is 9.93. The minimum Gasteiger partial charge on any atom is -0.335 e. The first-order valence-electron chi connectivity index (χ1n) is 4.99. The van der Waals surface area contributed by atoms with Crippen LogP contribution in [-0.2, 0) is 0 Å². The zero-order chi connectivity index (χ0) is 11.1. The number of carbonyl (C=O) groups is 1. The van der Waals surface area contributed by atoms with E-state index in [2.05, 4.69) is 4.98 Å². The predicted octanol–water partition coefficient (Wildman–Crippen LogP) is 0.563. The maximum absolute atomic E-state index is 11.9. The summed E-state index contributed by atoms with van der Waals surface area (Å²) in [5.74, 6) is 0.0448. The summed E-state index contributed by atoms with van der Waals surface area (Å²) in [6, 6.07) is 3.54. The van der Waals surface area contributed by atoms with E-state index in [1.54, 1.807) is 23.2 Å². The zero-order valence-corrected chi connectivity index (χ0v) is 9.03. The molecule has 80 valence electrons. The van der Waals surface area contributed by atoms with Gasteiger partial charge in [0, 0.05) is 36.1 Å². The number of pyridine rings is 1. The van der Waals surface area contributed by atoms with Gasteiger partial charge in [-0.3, -0.25) is 9.78 Å². The number of hydrogen-bond acceptors (Lipinski definition) is 3. The first-order chi connectivity index (χ1) is 6.98. The first-order valence-corrected chi connectivity index (χ1v) is 4.99. The summed E-state index contributed by atoms with van der Waals surface area (Å²) in [5, 5.41) is 0. The highest BCUT2D eigenvalue weighted by Crippen LogP contribution is 2.19. The third kappa shape index (κ3) is 1.99. The van der Waals surface area contributed by atoms with Crippen molar-refractivity contribution in [1.82, 2.24) is 9.88 Å². The Bertz CT molecular complexity index is 393. The van der Waals surface area contributed by atoms with Crippen LogP contribution in [0.15, 0.2) is 18.3 Å². The van der Waals surface area contributed by atoms with Crippen LogP contribution in [0.25, 0.3) is 0 Å². The van der Waals surface area contributed by atoms with Crippen LogP contribution in [0.3, 0.4) is 0 Å². The number of nitrogens with zero attached hydrogens (tertiary/aromatic N) is 2. The van der Waals surface area contributed by atoms with Gasteiger partial charge in [0.15, 0.2) is 0 Å². The van der Waals surface area contributed by atoms with Crippen LogP contribution < -0.4 is 5.73 Å². The molecule has 0 saturated carbocycles. The fourth-order valence-electron chi connectivity index (χ4n) is 1.83. The minimum absolute atomic E-state index is 0.0448. The van der Waals surface area contributed by atoms with Gasteiger partial charge in [0.2, 0.25) is 0 Å². The average molecular weight is 205 g/mol. The molecular formula is C11H15N3O. The number of aryl methyl sites for hydroxylation is 1. The molecule has 1 saturated heterocycles. The van der Waals surface area contributed by atoms with Gasteiger partial charge in [0.05, 0.1) is 0 Å². The van der Waals surface area contributed by atoms with Gasteiger partial charge in [0.1, 0.15) is 0 Å². The van der Waals surface area contributed by atoms with Crippen molar-refractivity contribution in [2.45, 2.75) is 19.4 Å². The Morgan fingerprint density at radius 2 is 2.27 bits per heavy atom. The molecule has 0 bridgehead atoms. The summed E-state index contributed by atoms with van der Waals surface area (Å²) < 4.78 is 0. The number of hydrogen-bond donors (Lipinski definition) is 1. The second kappa shape index (κ2) is 3.31. The average Bonchev–Trinajstić information content (AvgIpc) is 2.13. The Hall–Kier alpha value is -1.42. The van der Waals surface area contributed by atoms with E-state index in [4.69, 9.17) is 5.73 Å². The van der Waals surface area contributed by atoms with E-state index in [1.165, 1.54) is 0 Å². The third-order valence-electron chi connectivity index (χ3n) is 2.53. The molecule has 0 radical (unpaired) electrons. The van der Waals surface area contributed by atoms with E-state index in [-0.39, 0.29) is 11.4 Å². The second-order valence-corrected chi connectivity index (χ2v) is 4.50. The standard InChI is InChI=1S/C11H15N3O/c1-8-5-9(3-4-13-8)10(15)14-6-11(2,12)7-14/h3-5H,6-7,12H2,1-2H3. The van der Waals surface area contributed by atoms with Crippen molar-refractivity contribution in [3.63, 3.8) is 0 Å². The zero-order valence-electron chi connectivity index (χ0n) is 9.03.